The van der Waals surface area contributed by atoms with E-state index in [1.165, 1.54) is 12.1 Å². The van der Waals surface area contributed by atoms with Crippen LogP contribution in [0.5, 0.6) is 0 Å². The number of benzene rings is 1. The lowest BCUT2D eigenvalue weighted by atomic mass is 10.2. The summed E-state index contributed by atoms with van der Waals surface area (Å²) in [6.45, 7) is 3.92. The number of amides is 1. The molecular formula is C19H22N2O6S. The van der Waals surface area contributed by atoms with Gasteiger partial charge in [0.15, 0.2) is 0 Å². The molecule has 1 aromatic heterocycles. The van der Waals surface area contributed by atoms with Gasteiger partial charge in [-0.25, -0.2) is 13.2 Å². The minimum absolute atomic E-state index is 0.148. The maximum Gasteiger partial charge on any atom is 0.374 e. The molecule has 1 aliphatic rings. The number of hydrogen-bond donors (Lipinski definition) is 1. The number of esters is 1. The third-order valence-corrected chi connectivity index (χ3v) is 6.23. The zero-order valence-electron chi connectivity index (χ0n) is 15.7. The summed E-state index contributed by atoms with van der Waals surface area (Å²) in [6.07, 6.45) is 0.957. The molecule has 1 N–H and O–H groups in total. The van der Waals surface area contributed by atoms with Crippen LogP contribution in [0.2, 0.25) is 0 Å². The zero-order valence-corrected chi connectivity index (χ0v) is 16.5. The predicted octanol–water partition coefficient (Wildman–Crippen LogP) is 2.56. The highest BCUT2D eigenvalue weighted by Gasteiger charge is 2.41. The molecule has 1 fully saturated rings. The van der Waals surface area contributed by atoms with Crippen LogP contribution in [0, 0.1) is 6.92 Å². The first-order valence-electron chi connectivity index (χ1n) is 8.99. The second-order valence-corrected chi connectivity index (χ2v) is 8.29. The Kier molecular flexibility index (Phi) is 5.85. The summed E-state index contributed by atoms with van der Waals surface area (Å²) in [5.74, 6) is -1.33. The van der Waals surface area contributed by atoms with Gasteiger partial charge in [-0.3, -0.25) is 4.79 Å². The number of carbonyl (C=O) groups excluding carboxylic acids is 2. The van der Waals surface area contributed by atoms with Gasteiger partial charge in [0.1, 0.15) is 6.04 Å². The minimum atomic E-state index is -4.06. The molecule has 0 aliphatic carbocycles. The van der Waals surface area contributed by atoms with E-state index in [9.17, 15) is 18.0 Å². The number of ether oxygens (including phenoxy) is 1. The van der Waals surface area contributed by atoms with Crippen LogP contribution < -0.4 is 5.32 Å². The SMILES string of the molecule is CCOC(=O)c1ccc(S(=O)(=O)N2CCC[C@@H]2C(=O)Nc2ccc(C)cc2)o1. The highest BCUT2D eigenvalue weighted by molar-refractivity contribution is 7.89. The van der Waals surface area contributed by atoms with E-state index < -0.39 is 27.9 Å². The van der Waals surface area contributed by atoms with Crippen LogP contribution in [-0.2, 0) is 19.6 Å². The van der Waals surface area contributed by atoms with E-state index in [1.54, 1.807) is 19.1 Å². The number of anilines is 1. The zero-order chi connectivity index (χ0) is 20.3. The molecule has 0 spiro atoms. The molecular weight excluding hydrogens is 384 g/mol. The van der Waals surface area contributed by atoms with Crippen molar-refractivity contribution < 1.29 is 27.2 Å². The Morgan fingerprint density at radius 2 is 1.93 bits per heavy atom. The van der Waals surface area contributed by atoms with Crippen molar-refractivity contribution in [3.8, 4) is 0 Å². The summed E-state index contributed by atoms with van der Waals surface area (Å²) in [5, 5.41) is 2.37. The number of carbonyl (C=O) groups is 2. The van der Waals surface area contributed by atoms with E-state index in [0.717, 1.165) is 9.87 Å². The largest absolute Gasteiger partial charge is 0.460 e. The van der Waals surface area contributed by atoms with E-state index in [2.05, 4.69) is 5.32 Å². The van der Waals surface area contributed by atoms with Crippen molar-refractivity contribution in [3.05, 3.63) is 47.7 Å². The molecule has 8 nitrogen and oxygen atoms in total. The molecule has 28 heavy (non-hydrogen) atoms. The third-order valence-electron chi connectivity index (χ3n) is 4.45. The lowest BCUT2D eigenvalue weighted by molar-refractivity contribution is -0.119. The van der Waals surface area contributed by atoms with Crippen molar-refractivity contribution in [2.45, 2.75) is 37.8 Å². The average molecular weight is 406 g/mol. The Balaban J connectivity index is 1.78. The van der Waals surface area contributed by atoms with Gasteiger partial charge in [0, 0.05) is 12.2 Å². The molecule has 1 aromatic carbocycles. The highest BCUT2D eigenvalue weighted by Crippen LogP contribution is 2.28. The normalized spacial score (nSPS) is 17.4. The molecule has 9 heteroatoms. The molecule has 3 rings (SSSR count). The number of nitrogens with one attached hydrogen (secondary N) is 1. The van der Waals surface area contributed by atoms with Gasteiger partial charge in [0.05, 0.1) is 6.61 Å². The molecule has 150 valence electrons. The lowest BCUT2D eigenvalue weighted by Gasteiger charge is -2.22. The molecule has 0 radical (unpaired) electrons. The summed E-state index contributed by atoms with van der Waals surface area (Å²) in [7, 11) is -4.06. The van der Waals surface area contributed by atoms with Crippen LogP contribution in [-0.4, -0.2) is 43.8 Å². The van der Waals surface area contributed by atoms with Gasteiger partial charge in [0.2, 0.25) is 16.8 Å². The minimum Gasteiger partial charge on any atom is -0.460 e. The molecule has 2 heterocycles. The fraction of sp³-hybridized carbons (Fsp3) is 0.368. The van der Waals surface area contributed by atoms with Crippen molar-refractivity contribution in [3.63, 3.8) is 0 Å². The van der Waals surface area contributed by atoms with Gasteiger partial charge in [-0.15, -0.1) is 0 Å². The van der Waals surface area contributed by atoms with Crippen LogP contribution in [0.3, 0.4) is 0 Å². The number of hydrogen-bond acceptors (Lipinski definition) is 6. The Bertz CT molecular complexity index is 965. The third kappa shape index (κ3) is 4.10. The van der Waals surface area contributed by atoms with E-state index in [-0.39, 0.29) is 24.0 Å². The Morgan fingerprint density at radius 1 is 1.21 bits per heavy atom. The molecule has 1 saturated heterocycles. The molecule has 1 aliphatic heterocycles. The van der Waals surface area contributed by atoms with Crippen molar-refractivity contribution >= 4 is 27.6 Å². The van der Waals surface area contributed by atoms with Crippen LogP contribution in [0.1, 0.15) is 35.9 Å². The summed E-state index contributed by atoms with van der Waals surface area (Å²) in [4.78, 5) is 24.4. The number of sulfonamides is 1. The second-order valence-electron chi connectivity index (χ2n) is 6.47. The molecule has 0 bridgehead atoms. The van der Waals surface area contributed by atoms with Gasteiger partial charge in [-0.05, 0) is 51.0 Å². The maximum absolute atomic E-state index is 12.9. The smallest absolute Gasteiger partial charge is 0.374 e. The standard InChI is InChI=1S/C19H22N2O6S/c1-3-26-19(23)16-10-11-17(27-16)28(24,25)21-12-4-5-15(21)18(22)20-14-8-6-13(2)7-9-14/h6-11,15H,3-5,12H2,1-2H3,(H,20,22)/t15-/m1/s1. The second kappa shape index (κ2) is 8.15. The van der Waals surface area contributed by atoms with Crippen molar-refractivity contribution in [2.24, 2.45) is 0 Å². The van der Waals surface area contributed by atoms with Crippen LogP contribution in [0.4, 0.5) is 5.69 Å². The molecule has 1 amide bonds. The molecule has 0 unspecified atom stereocenters. The molecule has 1 atom stereocenters. The number of furan rings is 1. The monoisotopic (exact) mass is 406 g/mol. The van der Waals surface area contributed by atoms with E-state index >= 15 is 0 Å². The summed E-state index contributed by atoms with van der Waals surface area (Å²) in [5.41, 5.74) is 1.65. The summed E-state index contributed by atoms with van der Waals surface area (Å²) in [6, 6.07) is 8.86. The van der Waals surface area contributed by atoms with Gasteiger partial charge < -0.3 is 14.5 Å². The Labute approximate surface area is 163 Å². The van der Waals surface area contributed by atoms with Crippen molar-refractivity contribution in [1.29, 1.82) is 0 Å². The van der Waals surface area contributed by atoms with Gasteiger partial charge in [-0.1, -0.05) is 17.7 Å². The van der Waals surface area contributed by atoms with Gasteiger partial charge in [-0.2, -0.15) is 4.31 Å². The Hall–Kier alpha value is -2.65. The number of rotatable bonds is 6. The average Bonchev–Trinajstić information content (AvgIpc) is 3.34. The maximum atomic E-state index is 12.9. The van der Waals surface area contributed by atoms with E-state index in [1.807, 2.05) is 19.1 Å². The first kappa shape index (κ1) is 20.1. The molecule has 2 aromatic rings. The van der Waals surface area contributed by atoms with E-state index in [0.29, 0.717) is 18.5 Å². The van der Waals surface area contributed by atoms with Gasteiger partial charge >= 0.3 is 5.97 Å². The van der Waals surface area contributed by atoms with Gasteiger partial charge in [0.25, 0.3) is 10.0 Å². The number of aryl methyl sites for hydroxylation is 1. The van der Waals surface area contributed by atoms with Crippen LogP contribution >= 0.6 is 0 Å². The topological polar surface area (TPSA) is 106 Å². The van der Waals surface area contributed by atoms with Crippen LogP contribution in [0.15, 0.2) is 45.9 Å². The Morgan fingerprint density at radius 3 is 2.61 bits per heavy atom. The lowest BCUT2D eigenvalue weighted by Crippen LogP contribution is -2.43. The highest BCUT2D eigenvalue weighted by atomic mass is 32.2. The number of nitrogens with zero attached hydrogens (tertiary/aromatic N) is 1. The summed E-state index contributed by atoms with van der Waals surface area (Å²) >= 11 is 0. The predicted molar refractivity (Wildman–Crippen MR) is 101 cm³/mol. The first-order chi connectivity index (χ1) is 13.3. The first-order valence-corrected chi connectivity index (χ1v) is 10.4. The fourth-order valence-electron chi connectivity index (χ4n) is 3.04. The fourth-order valence-corrected chi connectivity index (χ4v) is 4.61. The van der Waals surface area contributed by atoms with Crippen LogP contribution in [0.25, 0.3) is 0 Å². The molecule has 0 saturated carbocycles. The summed E-state index contributed by atoms with van der Waals surface area (Å²) < 4.78 is 37.0. The van der Waals surface area contributed by atoms with Crippen molar-refractivity contribution in [1.82, 2.24) is 4.31 Å². The quantitative estimate of drug-likeness (QED) is 0.739. The van der Waals surface area contributed by atoms with Crippen molar-refractivity contribution in [2.75, 3.05) is 18.5 Å². The van der Waals surface area contributed by atoms with E-state index in [4.69, 9.17) is 9.15 Å².